The van der Waals surface area contributed by atoms with Crippen LogP contribution in [0.15, 0.2) is 0 Å². The zero-order valence-corrected chi connectivity index (χ0v) is 20.6. The van der Waals surface area contributed by atoms with Gasteiger partial charge in [-0.3, -0.25) is 9.69 Å². The third kappa shape index (κ3) is 19.2. The van der Waals surface area contributed by atoms with E-state index in [0.717, 1.165) is 32.2 Å². The van der Waals surface area contributed by atoms with Crippen molar-refractivity contribution in [2.24, 2.45) is 0 Å². The van der Waals surface area contributed by atoms with Gasteiger partial charge in [-0.15, -0.1) is 0 Å². The molecule has 3 heteroatoms. The highest BCUT2D eigenvalue weighted by Gasteiger charge is 2.15. The van der Waals surface area contributed by atoms with Gasteiger partial charge in [0, 0.05) is 6.42 Å². The largest absolute Gasteiger partial charge is 0.341 e. The molecule has 0 aromatic rings. The minimum absolute atomic E-state index is 0.212. The number of rotatable bonds is 22. The van der Waals surface area contributed by atoms with E-state index in [-0.39, 0.29) is 12.1 Å². The molecule has 3 nitrogen and oxygen atoms in total. The van der Waals surface area contributed by atoms with Crippen molar-refractivity contribution < 1.29 is 4.79 Å². The Labute approximate surface area is 183 Å². The number of hydrogen-bond donors (Lipinski definition) is 1. The summed E-state index contributed by atoms with van der Waals surface area (Å²) in [5.41, 5.74) is 0. The van der Waals surface area contributed by atoms with Crippen LogP contribution in [-0.2, 0) is 4.79 Å². The van der Waals surface area contributed by atoms with Gasteiger partial charge in [0.2, 0.25) is 5.91 Å². The molecule has 0 spiro atoms. The summed E-state index contributed by atoms with van der Waals surface area (Å²) in [6.07, 6.45) is 24.7. The minimum Gasteiger partial charge on any atom is -0.341 e. The Morgan fingerprint density at radius 1 is 0.655 bits per heavy atom. The fraction of sp³-hybridized carbons (Fsp3) is 0.962. The molecular weight excluding hydrogens is 356 g/mol. The van der Waals surface area contributed by atoms with Crippen LogP contribution in [0.2, 0.25) is 0 Å². The van der Waals surface area contributed by atoms with Gasteiger partial charge in [0.05, 0.1) is 6.17 Å². The van der Waals surface area contributed by atoms with Gasteiger partial charge in [0.25, 0.3) is 0 Å². The van der Waals surface area contributed by atoms with Crippen LogP contribution in [0.1, 0.15) is 143 Å². The van der Waals surface area contributed by atoms with Crippen molar-refractivity contribution in [3.8, 4) is 0 Å². The van der Waals surface area contributed by atoms with Crippen molar-refractivity contribution in [1.29, 1.82) is 0 Å². The minimum atomic E-state index is 0.212. The first-order chi connectivity index (χ1) is 14.2. The topological polar surface area (TPSA) is 32.3 Å². The zero-order chi connectivity index (χ0) is 21.6. The molecule has 0 saturated heterocycles. The lowest BCUT2D eigenvalue weighted by Crippen LogP contribution is -2.46. The normalized spacial score (nSPS) is 12.4. The number of carbonyl (C=O) groups excluding carboxylic acids is 1. The SMILES string of the molecule is CCCCCCCCCCCCCCCCCC(=O)NC(CCC)N(C)CCC. The Morgan fingerprint density at radius 3 is 1.52 bits per heavy atom. The molecule has 0 bridgehead atoms. The summed E-state index contributed by atoms with van der Waals surface area (Å²) in [5.74, 6) is 0.237. The molecule has 0 aliphatic carbocycles. The lowest BCUT2D eigenvalue weighted by molar-refractivity contribution is -0.123. The maximum atomic E-state index is 12.2. The third-order valence-electron chi connectivity index (χ3n) is 6.01. The number of amides is 1. The van der Waals surface area contributed by atoms with E-state index in [0.29, 0.717) is 6.42 Å². The van der Waals surface area contributed by atoms with Gasteiger partial charge in [0.1, 0.15) is 0 Å². The van der Waals surface area contributed by atoms with Crippen molar-refractivity contribution in [2.75, 3.05) is 13.6 Å². The van der Waals surface area contributed by atoms with Crippen LogP contribution in [-0.4, -0.2) is 30.6 Å². The summed E-state index contributed by atoms with van der Waals surface area (Å²) in [6.45, 7) is 7.71. The van der Waals surface area contributed by atoms with Crippen LogP contribution in [0, 0.1) is 0 Å². The van der Waals surface area contributed by atoms with Crippen molar-refractivity contribution >= 4 is 5.91 Å². The van der Waals surface area contributed by atoms with Crippen molar-refractivity contribution in [2.45, 2.75) is 149 Å². The quantitative estimate of drug-likeness (QED) is 0.146. The van der Waals surface area contributed by atoms with Crippen LogP contribution < -0.4 is 5.32 Å². The van der Waals surface area contributed by atoms with Gasteiger partial charge in [-0.05, 0) is 32.9 Å². The third-order valence-corrected chi connectivity index (χ3v) is 6.01. The predicted octanol–water partition coefficient (Wildman–Crippen LogP) is 7.83. The maximum absolute atomic E-state index is 12.2. The number of unbranched alkanes of at least 4 members (excludes halogenated alkanes) is 14. The van der Waals surface area contributed by atoms with Crippen molar-refractivity contribution in [3.63, 3.8) is 0 Å². The van der Waals surface area contributed by atoms with Crippen LogP contribution in [0.5, 0.6) is 0 Å². The number of nitrogens with zero attached hydrogens (tertiary/aromatic N) is 1. The molecule has 0 heterocycles. The molecule has 29 heavy (non-hydrogen) atoms. The van der Waals surface area contributed by atoms with Crippen LogP contribution in [0.3, 0.4) is 0 Å². The fourth-order valence-corrected chi connectivity index (χ4v) is 4.10. The van der Waals surface area contributed by atoms with Crippen LogP contribution >= 0.6 is 0 Å². The zero-order valence-electron chi connectivity index (χ0n) is 20.6. The Bertz CT molecular complexity index is 346. The summed E-state index contributed by atoms with van der Waals surface area (Å²) < 4.78 is 0. The number of nitrogens with one attached hydrogen (secondary N) is 1. The second-order valence-electron chi connectivity index (χ2n) is 9.05. The summed E-state index contributed by atoms with van der Waals surface area (Å²) in [4.78, 5) is 14.5. The van der Waals surface area contributed by atoms with Crippen molar-refractivity contribution in [1.82, 2.24) is 10.2 Å². The Morgan fingerprint density at radius 2 is 1.10 bits per heavy atom. The average molecular weight is 411 g/mol. The van der Waals surface area contributed by atoms with E-state index >= 15 is 0 Å². The van der Waals surface area contributed by atoms with E-state index in [1.165, 1.54) is 89.9 Å². The Hall–Kier alpha value is -0.570. The van der Waals surface area contributed by atoms with E-state index in [9.17, 15) is 4.79 Å². The summed E-state index contributed by atoms with van der Waals surface area (Å²) in [7, 11) is 2.12. The standard InChI is InChI=1S/C26H54N2O/c1-5-8-9-10-11-12-13-14-15-16-17-18-19-20-21-23-26(29)27-25(22-6-2)28(4)24-7-3/h25H,5-24H2,1-4H3,(H,27,29). The Balaban J connectivity index is 3.45. The number of hydrogen-bond acceptors (Lipinski definition) is 2. The van der Waals surface area contributed by atoms with E-state index in [1.54, 1.807) is 0 Å². The molecule has 0 aliphatic heterocycles. The van der Waals surface area contributed by atoms with Crippen LogP contribution in [0.25, 0.3) is 0 Å². The number of carbonyl (C=O) groups is 1. The molecule has 0 rings (SSSR count). The molecule has 0 saturated carbocycles. The van der Waals surface area contributed by atoms with E-state index in [2.05, 4.69) is 38.0 Å². The van der Waals surface area contributed by atoms with E-state index in [4.69, 9.17) is 0 Å². The maximum Gasteiger partial charge on any atom is 0.221 e. The second-order valence-corrected chi connectivity index (χ2v) is 9.05. The first kappa shape index (κ1) is 28.4. The lowest BCUT2D eigenvalue weighted by atomic mass is 10.0. The molecule has 0 fully saturated rings. The van der Waals surface area contributed by atoms with Gasteiger partial charge in [-0.1, -0.05) is 117 Å². The molecule has 0 aromatic carbocycles. The van der Waals surface area contributed by atoms with Gasteiger partial charge >= 0.3 is 0 Å². The first-order valence-electron chi connectivity index (χ1n) is 13.1. The van der Waals surface area contributed by atoms with Gasteiger partial charge in [-0.2, -0.15) is 0 Å². The molecule has 1 N–H and O–H groups in total. The van der Waals surface area contributed by atoms with Crippen LogP contribution in [0.4, 0.5) is 0 Å². The Kier molecular flexibility index (Phi) is 21.7. The summed E-state index contributed by atoms with van der Waals surface area (Å²) in [6, 6.07) is 0. The lowest BCUT2D eigenvalue weighted by Gasteiger charge is -2.28. The highest BCUT2D eigenvalue weighted by atomic mass is 16.1. The molecule has 1 atom stereocenters. The smallest absolute Gasteiger partial charge is 0.221 e. The highest BCUT2D eigenvalue weighted by Crippen LogP contribution is 2.14. The van der Waals surface area contributed by atoms with Crippen molar-refractivity contribution in [3.05, 3.63) is 0 Å². The van der Waals surface area contributed by atoms with E-state index < -0.39 is 0 Å². The molecule has 1 amide bonds. The average Bonchev–Trinajstić information content (AvgIpc) is 2.70. The predicted molar refractivity (Wildman–Crippen MR) is 129 cm³/mol. The van der Waals surface area contributed by atoms with Gasteiger partial charge in [-0.25, -0.2) is 0 Å². The monoisotopic (exact) mass is 410 g/mol. The second kappa shape index (κ2) is 22.1. The highest BCUT2D eigenvalue weighted by molar-refractivity contribution is 5.76. The molecule has 0 radical (unpaired) electrons. The van der Waals surface area contributed by atoms with Gasteiger partial charge in [0.15, 0.2) is 0 Å². The summed E-state index contributed by atoms with van der Waals surface area (Å²) in [5, 5.41) is 3.24. The molecule has 1 unspecified atom stereocenters. The fourth-order valence-electron chi connectivity index (χ4n) is 4.10. The molecule has 0 aliphatic rings. The molecular formula is C26H54N2O. The first-order valence-corrected chi connectivity index (χ1v) is 13.1. The molecule has 0 aromatic heterocycles. The molecule has 174 valence electrons. The van der Waals surface area contributed by atoms with E-state index in [1.807, 2.05) is 0 Å². The summed E-state index contributed by atoms with van der Waals surface area (Å²) >= 11 is 0. The van der Waals surface area contributed by atoms with Gasteiger partial charge < -0.3 is 5.32 Å².